The number of methoxy groups -OCH3 is 1. The van der Waals surface area contributed by atoms with Crippen molar-refractivity contribution in [3.05, 3.63) is 156 Å². The van der Waals surface area contributed by atoms with Gasteiger partial charge in [-0.05, 0) is 67.8 Å². The lowest BCUT2D eigenvalue weighted by Crippen LogP contribution is -2.52. The molecular formula is C59H68N4O12Si. The summed E-state index contributed by atoms with van der Waals surface area (Å²) in [4.78, 5) is 75.3. The van der Waals surface area contributed by atoms with Crippen molar-refractivity contribution in [1.29, 1.82) is 0 Å². The Balaban J connectivity index is 1.07. The van der Waals surface area contributed by atoms with Crippen LogP contribution in [0.2, 0.25) is 25.7 Å². The van der Waals surface area contributed by atoms with Crippen LogP contribution >= 0.6 is 0 Å². The molecule has 0 spiro atoms. The molecule has 5 aromatic carbocycles. The van der Waals surface area contributed by atoms with Gasteiger partial charge in [-0.25, -0.2) is 24.2 Å². The van der Waals surface area contributed by atoms with Crippen LogP contribution in [0.5, 0.6) is 17.2 Å². The number of likely N-dealkylation sites (tertiary alicyclic amines) is 1. The van der Waals surface area contributed by atoms with Gasteiger partial charge in [0.05, 0.1) is 38.1 Å². The fraction of sp³-hybridized carbons (Fsp3) is 0.356. The maximum Gasteiger partial charge on any atom is 0.411 e. The van der Waals surface area contributed by atoms with E-state index in [2.05, 4.69) is 30.3 Å². The first-order valence-corrected chi connectivity index (χ1v) is 29.2. The lowest BCUT2D eigenvalue weighted by atomic mass is 10.1. The number of aromatic nitrogens is 1. The molecule has 76 heavy (non-hydrogen) atoms. The number of nitrogens with one attached hydrogen (secondary N) is 2. The van der Waals surface area contributed by atoms with Gasteiger partial charge in [0.1, 0.15) is 60.3 Å². The molecule has 7 rings (SSSR count). The number of benzene rings is 5. The van der Waals surface area contributed by atoms with Gasteiger partial charge in [0.25, 0.3) is 0 Å². The average molecular weight is 1050 g/mol. The molecule has 6 aromatic rings. The monoisotopic (exact) mass is 1050 g/mol. The van der Waals surface area contributed by atoms with Crippen molar-refractivity contribution < 1.29 is 57.1 Å². The van der Waals surface area contributed by atoms with E-state index in [0.717, 1.165) is 22.7 Å². The number of hydrogen-bond acceptors (Lipinski definition) is 13. The van der Waals surface area contributed by atoms with Crippen molar-refractivity contribution in [1.82, 2.24) is 20.5 Å². The van der Waals surface area contributed by atoms with Gasteiger partial charge >= 0.3 is 24.1 Å². The summed E-state index contributed by atoms with van der Waals surface area (Å²) in [5, 5.41) is 6.27. The van der Waals surface area contributed by atoms with Crippen LogP contribution in [-0.2, 0) is 53.0 Å². The van der Waals surface area contributed by atoms with Crippen molar-refractivity contribution in [3.8, 4) is 28.5 Å². The van der Waals surface area contributed by atoms with E-state index in [1.165, 1.54) is 4.90 Å². The number of carbonyl (C=O) groups is 5. The Kier molecular flexibility index (Phi) is 19.1. The number of esters is 2. The number of amides is 3. The Bertz CT molecular complexity index is 2910. The first-order chi connectivity index (χ1) is 36.4. The molecule has 17 heteroatoms. The van der Waals surface area contributed by atoms with Gasteiger partial charge in [0.2, 0.25) is 5.91 Å². The average Bonchev–Trinajstić information content (AvgIpc) is 3.84. The summed E-state index contributed by atoms with van der Waals surface area (Å²) in [7, 11) is 0.0530. The zero-order valence-electron chi connectivity index (χ0n) is 44.2. The molecule has 1 saturated heterocycles. The molecule has 4 atom stereocenters. The van der Waals surface area contributed by atoms with E-state index in [1.54, 1.807) is 52.1 Å². The Morgan fingerprint density at radius 3 is 2.00 bits per heavy atom. The Morgan fingerprint density at radius 1 is 0.697 bits per heavy atom. The van der Waals surface area contributed by atoms with E-state index in [1.807, 2.05) is 115 Å². The number of pyridine rings is 1. The summed E-state index contributed by atoms with van der Waals surface area (Å²) in [5.74, 6) is -0.407. The lowest BCUT2D eigenvalue weighted by molar-refractivity contribution is -0.150. The standard InChI is InChI=1S/C59H68N4O12Si/c1-59(2,3)75-58(68)63-37-46(74-53-36-49(43-23-15-10-16-24-43)60-50-34-44(69-4)26-27-47(50)53)35-52(63)54(64)61-48(55(65)72-38-40-18-11-8-12-19-40)28-29-70-45-25-17-22-42(32-45)33-51(56(66)71-30-31-76(5,6)7)62-57(67)73-39-41-20-13-9-14-21-41/h8-27,32,34,36,46,48,51-52H,28-31,33,35,37-39H2,1-7H3,(H,61,64)(H,62,67)/t46-,48+,51+,52+/m1/s1. The molecule has 1 aliphatic rings. The highest BCUT2D eigenvalue weighted by Gasteiger charge is 2.44. The fourth-order valence-electron chi connectivity index (χ4n) is 8.29. The van der Waals surface area contributed by atoms with E-state index in [4.69, 9.17) is 38.1 Å². The molecule has 3 amide bonds. The van der Waals surface area contributed by atoms with Gasteiger partial charge in [-0.1, -0.05) is 123 Å². The summed E-state index contributed by atoms with van der Waals surface area (Å²) < 4.78 is 41.1. The summed E-state index contributed by atoms with van der Waals surface area (Å²) in [6, 6.07) is 39.7. The summed E-state index contributed by atoms with van der Waals surface area (Å²) in [6.07, 6.45) is -2.08. The third-order valence-electron chi connectivity index (χ3n) is 12.3. The Labute approximate surface area is 445 Å². The Hall–Kier alpha value is -7.92. The topological polar surface area (TPSA) is 190 Å². The molecule has 0 saturated carbocycles. The minimum Gasteiger partial charge on any atom is -0.497 e. The molecule has 0 radical (unpaired) electrons. The molecule has 2 heterocycles. The summed E-state index contributed by atoms with van der Waals surface area (Å²) in [6.45, 7) is 11.9. The second-order valence-corrected chi connectivity index (χ2v) is 26.4. The van der Waals surface area contributed by atoms with Gasteiger partial charge < -0.3 is 43.8 Å². The largest absolute Gasteiger partial charge is 0.497 e. The predicted molar refractivity (Wildman–Crippen MR) is 291 cm³/mol. The second-order valence-electron chi connectivity index (χ2n) is 20.8. The van der Waals surface area contributed by atoms with Gasteiger partial charge in [-0.3, -0.25) is 9.69 Å². The maximum atomic E-state index is 14.6. The highest BCUT2D eigenvalue weighted by atomic mass is 28.3. The number of ether oxygens (including phenoxy) is 7. The van der Waals surface area contributed by atoms with E-state index in [-0.39, 0.29) is 52.2 Å². The minimum absolute atomic E-state index is 0.00233. The van der Waals surface area contributed by atoms with E-state index < -0.39 is 67.9 Å². The predicted octanol–water partition coefficient (Wildman–Crippen LogP) is 10.1. The zero-order chi connectivity index (χ0) is 54.2. The van der Waals surface area contributed by atoms with Crippen LogP contribution < -0.4 is 24.8 Å². The number of carbonyl (C=O) groups excluding carboxylic acids is 5. The highest BCUT2D eigenvalue weighted by Crippen LogP contribution is 2.35. The molecule has 0 bridgehead atoms. The quantitative estimate of drug-likeness (QED) is 0.0371. The molecule has 1 aromatic heterocycles. The third kappa shape index (κ3) is 16.8. The molecule has 0 unspecified atom stereocenters. The number of nitrogens with zero attached hydrogens (tertiary/aromatic N) is 2. The fourth-order valence-corrected chi connectivity index (χ4v) is 9.00. The minimum atomic E-state index is -1.53. The van der Waals surface area contributed by atoms with Gasteiger partial charge in [0, 0.05) is 50.4 Å². The molecule has 1 fully saturated rings. The molecule has 2 N–H and O–H groups in total. The van der Waals surface area contributed by atoms with Crippen LogP contribution in [0.15, 0.2) is 140 Å². The molecule has 400 valence electrons. The first-order valence-electron chi connectivity index (χ1n) is 25.5. The molecular weight excluding hydrogens is 985 g/mol. The Morgan fingerprint density at radius 2 is 1.34 bits per heavy atom. The maximum absolute atomic E-state index is 14.6. The van der Waals surface area contributed by atoms with Gasteiger partial charge in [0.15, 0.2) is 0 Å². The van der Waals surface area contributed by atoms with E-state index in [0.29, 0.717) is 39.4 Å². The van der Waals surface area contributed by atoms with Gasteiger partial charge in [-0.2, -0.15) is 0 Å². The SMILES string of the molecule is COc1ccc2c(O[C@@H]3C[C@@H](C(=O)N[C@@H](CCOc4cccc(C[C@H](NC(=O)OCc5ccccc5)C(=O)OCC[Si](C)(C)C)c4)C(=O)OCc4ccccc4)N(C(=O)OC(C)(C)C)C3)cc(-c3ccccc3)nc2c1. The van der Waals surface area contributed by atoms with Crippen LogP contribution in [0.4, 0.5) is 9.59 Å². The van der Waals surface area contributed by atoms with E-state index >= 15 is 0 Å². The smallest absolute Gasteiger partial charge is 0.411 e. The highest BCUT2D eigenvalue weighted by molar-refractivity contribution is 6.76. The molecule has 0 aliphatic carbocycles. The molecule has 16 nitrogen and oxygen atoms in total. The van der Waals surface area contributed by atoms with E-state index in [9.17, 15) is 24.0 Å². The van der Waals surface area contributed by atoms with Crippen molar-refractivity contribution in [2.75, 3.05) is 26.9 Å². The van der Waals surface area contributed by atoms with Crippen LogP contribution in [-0.4, -0.2) is 105 Å². The summed E-state index contributed by atoms with van der Waals surface area (Å²) in [5.41, 5.74) is 3.45. The van der Waals surface area contributed by atoms with Crippen LogP contribution in [0.1, 0.15) is 50.3 Å². The summed E-state index contributed by atoms with van der Waals surface area (Å²) >= 11 is 0. The van der Waals surface area contributed by atoms with Crippen molar-refractivity contribution in [2.45, 2.75) is 109 Å². The van der Waals surface area contributed by atoms with Crippen molar-refractivity contribution in [3.63, 3.8) is 0 Å². The van der Waals surface area contributed by atoms with Crippen LogP contribution in [0, 0.1) is 0 Å². The van der Waals surface area contributed by atoms with Crippen LogP contribution in [0.3, 0.4) is 0 Å². The van der Waals surface area contributed by atoms with Crippen molar-refractivity contribution in [2.24, 2.45) is 0 Å². The normalized spacial score (nSPS) is 15.2. The third-order valence-corrected chi connectivity index (χ3v) is 14.0. The number of fused-ring (bicyclic) bond motifs is 1. The number of rotatable bonds is 22. The number of alkyl carbamates (subject to hydrolysis) is 1. The molecule has 1 aliphatic heterocycles. The van der Waals surface area contributed by atoms with Crippen LogP contribution in [0.25, 0.3) is 22.2 Å². The second kappa shape index (κ2) is 26.0. The van der Waals surface area contributed by atoms with Crippen molar-refractivity contribution >= 4 is 49.0 Å². The first kappa shape index (κ1) is 55.8. The van der Waals surface area contributed by atoms with Gasteiger partial charge in [-0.15, -0.1) is 0 Å². The zero-order valence-corrected chi connectivity index (χ0v) is 45.2. The number of hydrogen-bond donors (Lipinski definition) is 2. The lowest BCUT2D eigenvalue weighted by Gasteiger charge is -2.28.